The Morgan fingerprint density at radius 2 is 1.58 bits per heavy atom. The van der Waals surface area contributed by atoms with E-state index in [9.17, 15) is 4.79 Å². The number of benzene rings is 3. The highest BCUT2D eigenvalue weighted by atomic mass is 16.5. The Hall–Kier alpha value is -3.57. The molecule has 4 rings (SSSR count). The first kappa shape index (κ1) is 22.6. The van der Waals surface area contributed by atoms with Crippen molar-refractivity contribution < 1.29 is 9.53 Å². The number of likely N-dealkylation sites (N-methyl/N-ethyl adjacent to an activating group) is 1. The predicted molar refractivity (Wildman–Crippen MR) is 135 cm³/mol. The average Bonchev–Trinajstić information content (AvgIpc) is 2.87. The SMILES string of the molecule is COc1ccccc1/C=C(/C(=O)NCc1ccccc1N1CCN(C)CC1)c1ccccc1. The van der Waals surface area contributed by atoms with Gasteiger partial charge >= 0.3 is 0 Å². The van der Waals surface area contributed by atoms with Crippen LogP contribution in [-0.4, -0.2) is 51.1 Å². The summed E-state index contributed by atoms with van der Waals surface area (Å²) >= 11 is 0. The lowest BCUT2D eigenvalue weighted by atomic mass is 10.0. The number of para-hydroxylation sites is 2. The second-order valence-electron chi connectivity index (χ2n) is 8.27. The molecule has 0 aromatic heterocycles. The minimum atomic E-state index is -0.111. The van der Waals surface area contributed by atoms with Gasteiger partial charge in [-0.15, -0.1) is 0 Å². The summed E-state index contributed by atoms with van der Waals surface area (Å²) in [5.41, 5.74) is 4.67. The highest BCUT2D eigenvalue weighted by Gasteiger charge is 2.18. The van der Waals surface area contributed by atoms with E-state index >= 15 is 0 Å². The van der Waals surface area contributed by atoms with Crippen LogP contribution in [0, 0.1) is 0 Å². The third-order valence-corrected chi connectivity index (χ3v) is 6.04. The van der Waals surface area contributed by atoms with E-state index in [2.05, 4.69) is 40.4 Å². The van der Waals surface area contributed by atoms with Crippen LogP contribution in [0.5, 0.6) is 5.75 Å². The molecule has 170 valence electrons. The molecule has 0 radical (unpaired) electrons. The van der Waals surface area contributed by atoms with Crippen LogP contribution in [0.15, 0.2) is 78.9 Å². The molecule has 3 aromatic carbocycles. The van der Waals surface area contributed by atoms with Gasteiger partial charge in [-0.2, -0.15) is 0 Å². The largest absolute Gasteiger partial charge is 0.496 e. The van der Waals surface area contributed by atoms with Crippen LogP contribution in [-0.2, 0) is 11.3 Å². The Balaban J connectivity index is 1.57. The molecule has 3 aromatic rings. The fourth-order valence-electron chi connectivity index (χ4n) is 4.13. The summed E-state index contributed by atoms with van der Waals surface area (Å²) in [5, 5.41) is 3.16. The minimum absolute atomic E-state index is 0.111. The van der Waals surface area contributed by atoms with Crippen LogP contribution in [0.25, 0.3) is 11.6 Å². The number of anilines is 1. The van der Waals surface area contributed by atoms with Crippen LogP contribution in [0.2, 0.25) is 0 Å². The van der Waals surface area contributed by atoms with Crippen LogP contribution < -0.4 is 15.0 Å². The van der Waals surface area contributed by atoms with E-state index in [1.165, 1.54) is 5.69 Å². The number of carbonyl (C=O) groups is 1. The molecular weight excluding hydrogens is 410 g/mol. The summed E-state index contributed by atoms with van der Waals surface area (Å²) in [6, 6.07) is 25.8. The third-order valence-electron chi connectivity index (χ3n) is 6.04. The molecule has 0 atom stereocenters. The average molecular weight is 442 g/mol. The molecule has 0 bridgehead atoms. The molecule has 5 nitrogen and oxygen atoms in total. The lowest BCUT2D eigenvalue weighted by Gasteiger charge is -2.35. The van der Waals surface area contributed by atoms with Gasteiger partial charge in [0.05, 0.1) is 7.11 Å². The van der Waals surface area contributed by atoms with Crippen LogP contribution in [0.1, 0.15) is 16.7 Å². The lowest BCUT2D eigenvalue weighted by Crippen LogP contribution is -2.45. The molecule has 0 aliphatic carbocycles. The molecule has 1 aliphatic rings. The van der Waals surface area contributed by atoms with Crippen molar-refractivity contribution in [3.8, 4) is 5.75 Å². The molecule has 1 heterocycles. The monoisotopic (exact) mass is 441 g/mol. The standard InChI is InChI=1S/C28H31N3O2/c1-30-16-18-31(19-17-30)26-14-8-6-13-24(26)21-29-28(32)25(22-10-4-3-5-11-22)20-23-12-7-9-15-27(23)33-2/h3-15,20H,16-19,21H2,1-2H3,(H,29,32)/b25-20+. The first-order chi connectivity index (χ1) is 16.2. The molecule has 0 unspecified atom stereocenters. The summed E-state index contributed by atoms with van der Waals surface area (Å²) < 4.78 is 5.50. The number of carbonyl (C=O) groups excluding carboxylic acids is 1. The van der Waals surface area contributed by atoms with Gasteiger partial charge in [0, 0.05) is 49.5 Å². The fourth-order valence-corrected chi connectivity index (χ4v) is 4.13. The second kappa shape index (κ2) is 10.8. The fraction of sp³-hybridized carbons (Fsp3) is 0.250. The number of nitrogens with zero attached hydrogens (tertiary/aromatic N) is 2. The number of ether oxygens (including phenoxy) is 1. The Morgan fingerprint density at radius 3 is 2.33 bits per heavy atom. The van der Waals surface area contributed by atoms with Crippen LogP contribution in [0.3, 0.4) is 0 Å². The van der Waals surface area contributed by atoms with E-state index in [4.69, 9.17) is 4.74 Å². The molecule has 1 aliphatic heterocycles. The lowest BCUT2D eigenvalue weighted by molar-refractivity contribution is -0.115. The molecule has 1 saturated heterocycles. The van der Waals surface area contributed by atoms with E-state index in [0.29, 0.717) is 12.1 Å². The normalized spacial score (nSPS) is 14.7. The van der Waals surface area contributed by atoms with Gasteiger partial charge in [0.1, 0.15) is 5.75 Å². The quantitative estimate of drug-likeness (QED) is 0.439. The van der Waals surface area contributed by atoms with E-state index < -0.39 is 0 Å². The van der Waals surface area contributed by atoms with Crippen molar-refractivity contribution in [2.24, 2.45) is 0 Å². The van der Waals surface area contributed by atoms with E-state index in [0.717, 1.165) is 48.6 Å². The van der Waals surface area contributed by atoms with Crippen molar-refractivity contribution in [2.45, 2.75) is 6.54 Å². The van der Waals surface area contributed by atoms with Crippen molar-refractivity contribution in [1.29, 1.82) is 0 Å². The number of amides is 1. The van der Waals surface area contributed by atoms with Gasteiger partial charge in [-0.3, -0.25) is 4.79 Å². The number of methoxy groups -OCH3 is 1. The van der Waals surface area contributed by atoms with Crippen molar-refractivity contribution in [3.63, 3.8) is 0 Å². The molecule has 0 saturated carbocycles. The maximum absolute atomic E-state index is 13.4. The van der Waals surface area contributed by atoms with Crippen molar-refractivity contribution in [1.82, 2.24) is 10.2 Å². The minimum Gasteiger partial charge on any atom is -0.496 e. The van der Waals surface area contributed by atoms with Gasteiger partial charge in [-0.25, -0.2) is 0 Å². The van der Waals surface area contributed by atoms with Crippen molar-refractivity contribution >= 4 is 23.2 Å². The van der Waals surface area contributed by atoms with E-state index in [1.807, 2.05) is 66.7 Å². The number of piperazine rings is 1. The first-order valence-electron chi connectivity index (χ1n) is 11.4. The van der Waals surface area contributed by atoms with Crippen molar-refractivity contribution in [3.05, 3.63) is 95.6 Å². The Labute approximate surface area is 196 Å². The molecular formula is C28H31N3O2. The Morgan fingerprint density at radius 1 is 0.909 bits per heavy atom. The zero-order valence-corrected chi connectivity index (χ0v) is 19.3. The van der Waals surface area contributed by atoms with Gasteiger partial charge in [-0.1, -0.05) is 66.7 Å². The van der Waals surface area contributed by atoms with Crippen LogP contribution >= 0.6 is 0 Å². The smallest absolute Gasteiger partial charge is 0.252 e. The second-order valence-corrected chi connectivity index (χ2v) is 8.27. The zero-order chi connectivity index (χ0) is 23.0. The molecule has 1 N–H and O–H groups in total. The summed E-state index contributed by atoms with van der Waals surface area (Å²) in [6.07, 6.45) is 1.90. The van der Waals surface area contributed by atoms with E-state index in [1.54, 1.807) is 7.11 Å². The topological polar surface area (TPSA) is 44.8 Å². The van der Waals surface area contributed by atoms with Gasteiger partial charge in [0.25, 0.3) is 5.91 Å². The maximum atomic E-state index is 13.4. The molecule has 33 heavy (non-hydrogen) atoms. The molecule has 5 heteroatoms. The van der Waals surface area contributed by atoms with Crippen LogP contribution in [0.4, 0.5) is 5.69 Å². The highest BCUT2D eigenvalue weighted by Crippen LogP contribution is 2.26. The zero-order valence-electron chi connectivity index (χ0n) is 19.3. The number of nitrogens with one attached hydrogen (secondary N) is 1. The van der Waals surface area contributed by atoms with Gasteiger partial charge < -0.3 is 19.9 Å². The van der Waals surface area contributed by atoms with E-state index in [-0.39, 0.29) is 5.91 Å². The van der Waals surface area contributed by atoms with Gasteiger partial charge in [-0.05, 0) is 36.4 Å². The summed E-state index contributed by atoms with van der Waals surface area (Å²) in [4.78, 5) is 18.2. The molecule has 1 amide bonds. The first-order valence-corrected chi connectivity index (χ1v) is 11.4. The van der Waals surface area contributed by atoms with Gasteiger partial charge in [0.2, 0.25) is 0 Å². The third kappa shape index (κ3) is 5.62. The molecule has 1 fully saturated rings. The number of hydrogen-bond donors (Lipinski definition) is 1. The predicted octanol–water partition coefficient (Wildman–Crippen LogP) is 4.30. The Kier molecular flexibility index (Phi) is 7.43. The molecule has 0 spiro atoms. The van der Waals surface area contributed by atoms with Gasteiger partial charge in [0.15, 0.2) is 0 Å². The maximum Gasteiger partial charge on any atom is 0.252 e. The summed E-state index contributed by atoms with van der Waals surface area (Å²) in [7, 11) is 3.80. The number of rotatable bonds is 7. The summed E-state index contributed by atoms with van der Waals surface area (Å²) in [5.74, 6) is 0.624. The number of hydrogen-bond acceptors (Lipinski definition) is 4. The Bertz CT molecular complexity index is 1100. The van der Waals surface area contributed by atoms with Crippen molar-refractivity contribution in [2.75, 3.05) is 45.2 Å². The highest BCUT2D eigenvalue weighted by molar-refractivity contribution is 6.24. The summed E-state index contributed by atoms with van der Waals surface area (Å²) in [6.45, 7) is 4.54.